The number of hydrogen-bond acceptors (Lipinski definition) is 3. The zero-order valence-corrected chi connectivity index (χ0v) is 14.4. The first-order chi connectivity index (χ1) is 11.8. The summed E-state index contributed by atoms with van der Waals surface area (Å²) in [4.78, 5) is 15.9. The van der Waals surface area contributed by atoms with Gasteiger partial charge in [0.15, 0.2) is 0 Å². The first-order valence-corrected chi connectivity index (χ1v) is 9.06. The molecule has 0 saturated carbocycles. The summed E-state index contributed by atoms with van der Waals surface area (Å²) in [5.41, 5.74) is 1.20. The van der Waals surface area contributed by atoms with E-state index in [2.05, 4.69) is 23.6 Å². The Labute approximate surface area is 146 Å². The summed E-state index contributed by atoms with van der Waals surface area (Å²) in [5.74, 6) is 1.00. The Kier molecular flexibility index (Phi) is 5.85. The molecule has 3 nitrogen and oxygen atoms in total. The Bertz CT molecular complexity index is 720. The lowest BCUT2D eigenvalue weighted by atomic mass is 10.1. The van der Waals surface area contributed by atoms with E-state index in [1.54, 1.807) is 17.6 Å². The highest BCUT2D eigenvalue weighted by atomic mass is 32.1. The molecule has 1 amide bonds. The summed E-state index contributed by atoms with van der Waals surface area (Å²) >= 11 is 1.73. The SMILES string of the molecule is O=C(CCc1ccccc1)N(CCc1cccs1)Cc1ccco1. The van der Waals surface area contributed by atoms with Gasteiger partial charge in [-0.2, -0.15) is 0 Å². The van der Waals surface area contributed by atoms with Gasteiger partial charge < -0.3 is 9.32 Å². The monoisotopic (exact) mass is 339 g/mol. The van der Waals surface area contributed by atoms with Crippen LogP contribution in [0.4, 0.5) is 0 Å². The van der Waals surface area contributed by atoms with Gasteiger partial charge in [0.1, 0.15) is 5.76 Å². The standard InChI is InChI=1S/C20H21NO2S/c22-20(11-10-17-6-2-1-3-7-17)21(16-18-8-4-14-23-18)13-12-19-9-5-15-24-19/h1-9,14-15H,10-13,16H2. The van der Waals surface area contributed by atoms with Gasteiger partial charge in [-0.25, -0.2) is 0 Å². The predicted molar refractivity (Wildman–Crippen MR) is 96.9 cm³/mol. The second-order valence-electron chi connectivity index (χ2n) is 5.71. The van der Waals surface area contributed by atoms with Gasteiger partial charge in [-0.05, 0) is 42.0 Å². The number of thiophene rings is 1. The van der Waals surface area contributed by atoms with E-state index >= 15 is 0 Å². The van der Waals surface area contributed by atoms with Crippen molar-refractivity contribution in [1.29, 1.82) is 0 Å². The molecule has 2 aromatic heterocycles. The number of aryl methyl sites for hydroxylation is 1. The third-order valence-corrected chi connectivity index (χ3v) is 4.89. The molecule has 1 aromatic carbocycles. The van der Waals surface area contributed by atoms with Crippen LogP contribution in [0.3, 0.4) is 0 Å². The zero-order valence-electron chi connectivity index (χ0n) is 13.6. The van der Waals surface area contributed by atoms with Crippen LogP contribution in [-0.4, -0.2) is 17.4 Å². The molecule has 4 heteroatoms. The molecular formula is C20H21NO2S. The van der Waals surface area contributed by atoms with Crippen molar-refractivity contribution in [3.63, 3.8) is 0 Å². The van der Waals surface area contributed by atoms with Crippen molar-refractivity contribution < 1.29 is 9.21 Å². The molecule has 0 radical (unpaired) electrons. The van der Waals surface area contributed by atoms with Gasteiger partial charge in [-0.15, -0.1) is 11.3 Å². The van der Waals surface area contributed by atoms with Crippen LogP contribution in [0.1, 0.15) is 22.6 Å². The molecular weight excluding hydrogens is 318 g/mol. The van der Waals surface area contributed by atoms with Crippen LogP contribution in [-0.2, 0) is 24.2 Å². The normalized spacial score (nSPS) is 10.7. The highest BCUT2D eigenvalue weighted by molar-refractivity contribution is 7.09. The maximum Gasteiger partial charge on any atom is 0.223 e. The minimum Gasteiger partial charge on any atom is -0.467 e. The van der Waals surface area contributed by atoms with Gasteiger partial charge in [0.25, 0.3) is 0 Å². The van der Waals surface area contributed by atoms with Crippen LogP contribution in [0.25, 0.3) is 0 Å². The van der Waals surface area contributed by atoms with Crippen LogP contribution < -0.4 is 0 Å². The highest BCUT2D eigenvalue weighted by Crippen LogP contribution is 2.14. The van der Waals surface area contributed by atoms with E-state index in [4.69, 9.17) is 4.42 Å². The highest BCUT2D eigenvalue weighted by Gasteiger charge is 2.15. The summed E-state index contributed by atoms with van der Waals surface area (Å²) in [7, 11) is 0. The van der Waals surface area contributed by atoms with Gasteiger partial charge >= 0.3 is 0 Å². The molecule has 0 aliphatic carbocycles. The summed E-state index contributed by atoms with van der Waals surface area (Å²) in [6.07, 6.45) is 3.83. The first-order valence-electron chi connectivity index (χ1n) is 8.18. The number of carbonyl (C=O) groups excluding carboxylic acids is 1. The van der Waals surface area contributed by atoms with E-state index in [1.165, 1.54) is 10.4 Å². The molecule has 0 saturated heterocycles. The number of rotatable bonds is 8. The molecule has 0 aliphatic rings. The van der Waals surface area contributed by atoms with Crippen molar-refractivity contribution in [2.24, 2.45) is 0 Å². The summed E-state index contributed by atoms with van der Waals surface area (Å²) in [5, 5.41) is 2.07. The Morgan fingerprint density at radius 1 is 1.00 bits per heavy atom. The van der Waals surface area contributed by atoms with Crippen molar-refractivity contribution in [2.75, 3.05) is 6.54 Å². The van der Waals surface area contributed by atoms with E-state index < -0.39 is 0 Å². The second kappa shape index (κ2) is 8.50. The van der Waals surface area contributed by atoms with Crippen LogP contribution in [0.2, 0.25) is 0 Å². The van der Waals surface area contributed by atoms with Crippen molar-refractivity contribution in [3.05, 3.63) is 82.4 Å². The van der Waals surface area contributed by atoms with E-state index in [-0.39, 0.29) is 5.91 Å². The maximum absolute atomic E-state index is 12.7. The lowest BCUT2D eigenvalue weighted by Crippen LogP contribution is -2.32. The van der Waals surface area contributed by atoms with Gasteiger partial charge in [-0.1, -0.05) is 36.4 Å². The molecule has 0 fully saturated rings. The smallest absolute Gasteiger partial charge is 0.223 e. The van der Waals surface area contributed by atoms with Gasteiger partial charge in [-0.3, -0.25) is 4.79 Å². The molecule has 2 heterocycles. The minimum atomic E-state index is 0.173. The zero-order chi connectivity index (χ0) is 16.6. The fraction of sp³-hybridized carbons (Fsp3) is 0.250. The molecule has 0 aliphatic heterocycles. The molecule has 0 N–H and O–H groups in total. The molecule has 0 unspecified atom stereocenters. The van der Waals surface area contributed by atoms with E-state index in [1.807, 2.05) is 41.3 Å². The molecule has 24 heavy (non-hydrogen) atoms. The topological polar surface area (TPSA) is 33.5 Å². The minimum absolute atomic E-state index is 0.173. The predicted octanol–water partition coefficient (Wildman–Crippen LogP) is 4.55. The Balaban J connectivity index is 1.60. The number of furan rings is 1. The Hall–Kier alpha value is -2.33. The number of nitrogens with zero attached hydrogens (tertiary/aromatic N) is 1. The van der Waals surface area contributed by atoms with Gasteiger partial charge in [0.2, 0.25) is 5.91 Å². The largest absolute Gasteiger partial charge is 0.467 e. The lowest BCUT2D eigenvalue weighted by molar-refractivity contribution is -0.132. The summed E-state index contributed by atoms with van der Waals surface area (Å²) < 4.78 is 5.42. The number of hydrogen-bond donors (Lipinski definition) is 0. The van der Waals surface area contributed by atoms with Crippen LogP contribution >= 0.6 is 11.3 Å². The molecule has 0 atom stereocenters. The number of benzene rings is 1. The lowest BCUT2D eigenvalue weighted by Gasteiger charge is -2.21. The van der Waals surface area contributed by atoms with Crippen LogP contribution in [0.5, 0.6) is 0 Å². The number of carbonyl (C=O) groups is 1. The van der Waals surface area contributed by atoms with Gasteiger partial charge in [0.05, 0.1) is 12.8 Å². The van der Waals surface area contributed by atoms with Crippen molar-refractivity contribution in [3.8, 4) is 0 Å². The molecule has 3 rings (SSSR count). The quantitative estimate of drug-likeness (QED) is 0.603. The summed E-state index contributed by atoms with van der Waals surface area (Å²) in [6, 6.07) is 18.1. The molecule has 0 spiro atoms. The van der Waals surface area contributed by atoms with E-state index in [0.717, 1.165) is 25.1 Å². The fourth-order valence-electron chi connectivity index (χ4n) is 2.64. The molecule has 0 bridgehead atoms. The Morgan fingerprint density at radius 3 is 2.58 bits per heavy atom. The van der Waals surface area contributed by atoms with Gasteiger partial charge in [0, 0.05) is 17.8 Å². The summed E-state index contributed by atoms with van der Waals surface area (Å²) in [6.45, 7) is 1.25. The van der Waals surface area contributed by atoms with E-state index in [9.17, 15) is 4.79 Å². The second-order valence-corrected chi connectivity index (χ2v) is 6.74. The molecule has 3 aromatic rings. The van der Waals surface area contributed by atoms with Crippen molar-refractivity contribution in [2.45, 2.75) is 25.8 Å². The van der Waals surface area contributed by atoms with E-state index in [0.29, 0.717) is 13.0 Å². The van der Waals surface area contributed by atoms with Crippen molar-refractivity contribution in [1.82, 2.24) is 4.90 Å². The third kappa shape index (κ3) is 4.83. The maximum atomic E-state index is 12.7. The van der Waals surface area contributed by atoms with Crippen LogP contribution in [0.15, 0.2) is 70.7 Å². The molecule has 124 valence electrons. The first kappa shape index (κ1) is 16.5. The Morgan fingerprint density at radius 2 is 1.88 bits per heavy atom. The number of amides is 1. The average Bonchev–Trinajstić information content (AvgIpc) is 3.31. The third-order valence-electron chi connectivity index (χ3n) is 3.96. The average molecular weight is 339 g/mol. The van der Waals surface area contributed by atoms with Crippen molar-refractivity contribution >= 4 is 17.2 Å². The van der Waals surface area contributed by atoms with Crippen LogP contribution in [0, 0.1) is 0 Å². The fourth-order valence-corrected chi connectivity index (χ4v) is 3.33.